The van der Waals surface area contributed by atoms with E-state index in [0.29, 0.717) is 11.0 Å². The van der Waals surface area contributed by atoms with Crippen LogP contribution in [0.2, 0.25) is 0 Å². The van der Waals surface area contributed by atoms with Gasteiger partial charge in [-0.2, -0.15) is 0 Å². The predicted molar refractivity (Wildman–Crippen MR) is 74.0 cm³/mol. The highest BCUT2D eigenvalue weighted by Crippen LogP contribution is 2.26. The minimum atomic E-state index is -0.423. The second-order valence-electron chi connectivity index (χ2n) is 3.96. The number of aromatic nitrogens is 3. The van der Waals surface area contributed by atoms with Gasteiger partial charge in [0.1, 0.15) is 12.2 Å². The van der Waals surface area contributed by atoms with E-state index in [1.807, 2.05) is 11.6 Å². The normalized spacial score (nSPS) is 10.4. The van der Waals surface area contributed by atoms with Gasteiger partial charge in [-0.1, -0.05) is 0 Å². The molecule has 1 aromatic heterocycles. The maximum Gasteiger partial charge on any atom is 0.270 e. The molecule has 2 rings (SSSR count). The molecule has 1 aromatic carbocycles. The topological polar surface area (TPSA) is 85.9 Å². The molecular weight excluding hydrogens is 314 g/mol. The van der Waals surface area contributed by atoms with Crippen molar-refractivity contribution in [3.8, 4) is 0 Å². The van der Waals surface area contributed by atoms with Gasteiger partial charge < -0.3 is 9.88 Å². The zero-order valence-corrected chi connectivity index (χ0v) is 11.8. The Morgan fingerprint density at radius 1 is 1.53 bits per heavy atom. The van der Waals surface area contributed by atoms with E-state index in [9.17, 15) is 10.1 Å². The van der Waals surface area contributed by atoms with Crippen molar-refractivity contribution in [1.29, 1.82) is 0 Å². The molecule has 0 aliphatic rings. The summed E-state index contributed by atoms with van der Waals surface area (Å²) in [5.74, 6) is 0.880. The Hall–Kier alpha value is -1.96. The maximum absolute atomic E-state index is 10.6. The molecule has 2 aromatic rings. The molecule has 0 saturated heterocycles. The molecule has 0 radical (unpaired) electrons. The lowest BCUT2D eigenvalue weighted by Gasteiger charge is -2.08. The van der Waals surface area contributed by atoms with Crippen LogP contribution in [0.3, 0.4) is 0 Å². The molecule has 100 valence electrons. The van der Waals surface area contributed by atoms with Crippen molar-refractivity contribution in [3.63, 3.8) is 0 Å². The van der Waals surface area contributed by atoms with E-state index in [-0.39, 0.29) is 5.69 Å². The second-order valence-corrected chi connectivity index (χ2v) is 4.81. The Bertz CT molecular complexity index is 599. The number of hydrogen-bond acceptors (Lipinski definition) is 5. The van der Waals surface area contributed by atoms with Gasteiger partial charge in [0.05, 0.1) is 4.92 Å². The summed E-state index contributed by atoms with van der Waals surface area (Å²) in [6, 6.07) is 4.62. The number of benzene rings is 1. The number of nitrogens with zero attached hydrogens (tertiary/aromatic N) is 4. The molecule has 0 amide bonds. The molecule has 0 aliphatic carbocycles. The quantitative estimate of drug-likeness (QED) is 0.672. The van der Waals surface area contributed by atoms with Gasteiger partial charge in [0.25, 0.3) is 5.69 Å². The van der Waals surface area contributed by atoms with Crippen LogP contribution in [0.5, 0.6) is 0 Å². The van der Waals surface area contributed by atoms with Crippen molar-refractivity contribution >= 4 is 27.3 Å². The predicted octanol–water partition coefficient (Wildman–Crippen LogP) is 2.14. The Kier molecular flexibility index (Phi) is 4.10. The fraction of sp³-hybridized carbons (Fsp3) is 0.273. The van der Waals surface area contributed by atoms with Crippen molar-refractivity contribution in [1.82, 2.24) is 14.8 Å². The SMILES string of the molecule is Cn1cnnc1CCNc1ccc([N+](=O)[O-])cc1Br. The van der Waals surface area contributed by atoms with Crippen molar-refractivity contribution < 1.29 is 4.92 Å². The molecule has 0 saturated carbocycles. The summed E-state index contributed by atoms with van der Waals surface area (Å²) in [5.41, 5.74) is 0.874. The van der Waals surface area contributed by atoms with Crippen molar-refractivity contribution in [2.75, 3.05) is 11.9 Å². The van der Waals surface area contributed by atoms with Crippen LogP contribution in [0.4, 0.5) is 11.4 Å². The molecule has 0 spiro atoms. The molecule has 0 unspecified atom stereocenters. The van der Waals surface area contributed by atoms with Gasteiger partial charge in [0.15, 0.2) is 0 Å². The summed E-state index contributed by atoms with van der Waals surface area (Å²) in [6.07, 6.45) is 2.37. The smallest absolute Gasteiger partial charge is 0.270 e. The Labute approximate surface area is 117 Å². The highest BCUT2D eigenvalue weighted by Gasteiger charge is 2.09. The standard InChI is InChI=1S/C11H12BrN5O2/c1-16-7-14-15-11(16)4-5-13-10-3-2-8(17(18)19)6-9(10)12/h2-3,6-7,13H,4-5H2,1H3. The number of anilines is 1. The van der Waals surface area contributed by atoms with Crippen LogP contribution in [0.15, 0.2) is 29.0 Å². The summed E-state index contributed by atoms with van der Waals surface area (Å²) < 4.78 is 2.52. The molecule has 0 bridgehead atoms. The molecule has 0 aliphatic heterocycles. The Morgan fingerprint density at radius 2 is 2.32 bits per heavy atom. The minimum absolute atomic E-state index is 0.0609. The molecule has 8 heteroatoms. The number of hydrogen-bond donors (Lipinski definition) is 1. The van der Waals surface area contributed by atoms with Crippen LogP contribution in [-0.2, 0) is 13.5 Å². The maximum atomic E-state index is 10.6. The number of nitrogens with one attached hydrogen (secondary N) is 1. The van der Waals surface area contributed by atoms with Gasteiger partial charge in [-0.05, 0) is 22.0 Å². The van der Waals surface area contributed by atoms with Crippen LogP contribution >= 0.6 is 15.9 Å². The lowest BCUT2D eigenvalue weighted by atomic mass is 10.2. The van der Waals surface area contributed by atoms with Gasteiger partial charge in [0, 0.05) is 42.3 Å². The van der Waals surface area contributed by atoms with Crippen LogP contribution in [0.1, 0.15) is 5.82 Å². The monoisotopic (exact) mass is 325 g/mol. The lowest BCUT2D eigenvalue weighted by Crippen LogP contribution is -2.09. The molecule has 0 fully saturated rings. The van der Waals surface area contributed by atoms with E-state index < -0.39 is 4.92 Å². The van der Waals surface area contributed by atoms with Crippen LogP contribution in [0.25, 0.3) is 0 Å². The van der Waals surface area contributed by atoms with E-state index >= 15 is 0 Å². The molecule has 1 heterocycles. The minimum Gasteiger partial charge on any atom is -0.384 e. The number of nitro groups is 1. The summed E-state index contributed by atoms with van der Waals surface area (Å²) in [5, 5.41) is 21.6. The first-order chi connectivity index (χ1) is 9.08. The molecular formula is C11H12BrN5O2. The average Bonchev–Trinajstić information content (AvgIpc) is 2.77. The zero-order chi connectivity index (χ0) is 13.8. The summed E-state index contributed by atoms with van der Waals surface area (Å²) >= 11 is 3.31. The van der Waals surface area contributed by atoms with Gasteiger partial charge >= 0.3 is 0 Å². The fourth-order valence-electron chi connectivity index (χ4n) is 1.60. The molecule has 7 nitrogen and oxygen atoms in total. The highest BCUT2D eigenvalue weighted by atomic mass is 79.9. The van der Waals surface area contributed by atoms with Gasteiger partial charge in [-0.15, -0.1) is 10.2 Å². The van der Waals surface area contributed by atoms with E-state index in [2.05, 4.69) is 31.4 Å². The number of rotatable bonds is 5. The average molecular weight is 326 g/mol. The first kappa shape index (κ1) is 13.5. The highest BCUT2D eigenvalue weighted by molar-refractivity contribution is 9.10. The summed E-state index contributed by atoms with van der Waals surface area (Å²) in [6.45, 7) is 0.670. The van der Waals surface area contributed by atoms with E-state index in [1.54, 1.807) is 12.4 Å². The third-order valence-electron chi connectivity index (χ3n) is 2.63. The van der Waals surface area contributed by atoms with Gasteiger partial charge in [0.2, 0.25) is 0 Å². The third kappa shape index (κ3) is 3.28. The van der Waals surface area contributed by atoms with Crippen LogP contribution in [-0.4, -0.2) is 26.2 Å². The molecule has 0 atom stereocenters. The molecule has 19 heavy (non-hydrogen) atoms. The molecule has 1 N–H and O–H groups in total. The summed E-state index contributed by atoms with van der Waals surface area (Å²) in [7, 11) is 1.89. The first-order valence-electron chi connectivity index (χ1n) is 5.58. The number of nitro benzene ring substituents is 1. The number of halogens is 1. The fourth-order valence-corrected chi connectivity index (χ4v) is 2.11. The van der Waals surface area contributed by atoms with Gasteiger partial charge in [-0.25, -0.2) is 0 Å². The number of non-ortho nitro benzene ring substituents is 1. The van der Waals surface area contributed by atoms with E-state index in [4.69, 9.17) is 0 Å². The van der Waals surface area contributed by atoms with Crippen molar-refractivity contribution in [2.24, 2.45) is 7.05 Å². The Morgan fingerprint density at radius 3 is 2.89 bits per heavy atom. The van der Waals surface area contributed by atoms with Crippen LogP contribution in [0, 0.1) is 10.1 Å². The van der Waals surface area contributed by atoms with Crippen molar-refractivity contribution in [3.05, 3.63) is 44.9 Å². The number of aryl methyl sites for hydroxylation is 1. The van der Waals surface area contributed by atoms with E-state index in [1.165, 1.54) is 12.1 Å². The summed E-state index contributed by atoms with van der Waals surface area (Å²) in [4.78, 5) is 10.2. The largest absolute Gasteiger partial charge is 0.384 e. The second kappa shape index (κ2) is 5.79. The zero-order valence-electron chi connectivity index (χ0n) is 10.2. The van der Waals surface area contributed by atoms with Crippen LogP contribution < -0.4 is 5.32 Å². The Balaban J connectivity index is 1.96. The van der Waals surface area contributed by atoms with Crippen molar-refractivity contribution in [2.45, 2.75) is 6.42 Å². The van der Waals surface area contributed by atoms with E-state index in [0.717, 1.165) is 17.9 Å². The lowest BCUT2D eigenvalue weighted by molar-refractivity contribution is -0.384. The van der Waals surface area contributed by atoms with Gasteiger partial charge in [-0.3, -0.25) is 10.1 Å². The first-order valence-corrected chi connectivity index (χ1v) is 6.38. The third-order valence-corrected chi connectivity index (χ3v) is 3.29.